The van der Waals surface area contributed by atoms with Crippen molar-refractivity contribution < 1.29 is 5.11 Å². The van der Waals surface area contributed by atoms with Crippen molar-refractivity contribution in [2.75, 3.05) is 0 Å². The van der Waals surface area contributed by atoms with Gasteiger partial charge in [-0.2, -0.15) is 0 Å². The molecule has 0 bridgehead atoms. The van der Waals surface area contributed by atoms with E-state index in [9.17, 15) is 5.11 Å². The van der Waals surface area contributed by atoms with Crippen molar-refractivity contribution in [3.8, 4) is 0 Å². The van der Waals surface area contributed by atoms with Crippen LogP contribution in [0.15, 0.2) is 30.3 Å². The van der Waals surface area contributed by atoms with Gasteiger partial charge in [-0.25, -0.2) is 9.97 Å². The summed E-state index contributed by atoms with van der Waals surface area (Å²) < 4.78 is 0. The Morgan fingerprint density at radius 3 is 2.71 bits per heavy atom. The SMILES string of the molecule is C=c1nc(C)nc(C)/c1=C/C=C(\C)c1cccc(CO)c1. The molecule has 0 aliphatic heterocycles. The van der Waals surface area contributed by atoms with Crippen LogP contribution < -0.4 is 10.6 Å². The molecule has 1 aromatic carbocycles. The Labute approximate surface area is 125 Å². The predicted molar refractivity (Wildman–Crippen MR) is 86.8 cm³/mol. The largest absolute Gasteiger partial charge is 0.392 e. The standard InChI is InChI=1S/C18H20N2O/c1-12(17-7-5-6-16(10-17)11-21)8-9-18-13(2)19-15(4)20-14(18)3/h5-10,21H,2,11H2,1,3-4H3/b12-8+,18-9+. The summed E-state index contributed by atoms with van der Waals surface area (Å²) in [6.45, 7) is 9.90. The first-order valence-electron chi connectivity index (χ1n) is 6.90. The maximum absolute atomic E-state index is 9.20. The van der Waals surface area contributed by atoms with Gasteiger partial charge in [0.2, 0.25) is 0 Å². The summed E-state index contributed by atoms with van der Waals surface area (Å²) in [5, 5.41) is 10.9. The van der Waals surface area contributed by atoms with Gasteiger partial charge in [0.15, 0.2) is 0 Å². The molecule has 0 unspecified atom stereocenters. The third-order valence-corrected chi connectivity index (χ3v) is 3.39. The Morgan fingerprint density at radius 1 is 1.29 bits per heavy atom. The molecule has 0 atom stereocenters. The van der Waals surface area contributed by atoms with Crippen molar-refractivity contribution >= 4 is 18.2 Å². The number of allylic oxidation sites excluding steroid dienone is 2. The summed E-state index contributed by atoms with van der Waals surface area (Å²) in [6, 6.07) is 7.88. The minimum atomic E-state index is 0.0543. The van der Waals surface area contributed by atoms with Gasteiger partial charge in [0.25, 0.3) is 0 Å². The molecule has 3 heteroatoms. The zero-order chi connectivity index (χ0) is 15.4. The Kier molecular flexibility index (Phi) is 4.66. The van der Waals surface area contributed by atoms with Crippen molar-refractivity contribution in [3.63, 3.8) is 0 Å². The van der Waals surface area contributed by atoms with Gasteiger partial charge in [0.1, 0.15) is 5.82 Å². The number of aryl methyl sites for hydroxylation is 2. The molecule has 21 heavy (non-hydrogen) atoms. The van der Waals surface area contributed by atoms with Crippen LogP contribution in [0, 0.1) is 13.8 Å². The Morgan fingerprint density at radius 2 is 2.05 bits per heavy atom. The van der Waals surface area contributed by atoms with Gasteiger partial charge in [-0.05, 0) is 43.5 Å². The molecular formula is C18H20N2O. The third kappa shape index (κ3) is 3.64. The molecule has 0 fully saturated rings. The summed E-state index contributed by atoms with van der Waals surface area (Å²) in [5.74, 6) is 0.742. The number of aliphatic hydroxyl groups excluding tert-OH is 1. The van der Waals surface area contributed by atoms with E-state index in [-0.39, 0.29) is 6.61 Å². The highest BCUT2D eigenvalue weighted by atomic mass is 16.3. The lowest BCUT2D eigenvalue weighted by molar-refractivity contribution is 0.282. The van der Waals surface area contributed by atoms with E-state index in [1.807, 2.05) is 57.2 Å². The summed E-state index contributed by atoms with van der Waals surface area (Å²) in [6.07, 6.45) is 4.03. The number of nitrogens with zero attached hydrogens (tertiary/aromatic N) is 2. The summed E-state index contributed by atoms with van der Waals surface area (Å²) in [7, 11) is 0. The van der Waals surface area contributed by atoms with E-state index in [0.29, 0.717) is 0 Å². The second-order valence-electron chi connectivity index (χ2n) is 5.09. The van der Waals surface area contributed by atoms with E-state index in [1.165, 1.54) is 0 Å². The lowest BCUT2D eigenvalue weighted by Crippen LogP contribution is -2.31. The molecular weight excluding hydrogens is 260 g/mol. The van der Waals surface area contributed by atoms with Crippen LogP contribution >= 0.6 is 0 Å². The van der Waals surface area contributed by atoms with Crippen LogP contribution in [0.1, 0.15) is 29.6 Å². The first-order chi connectivity index (χ1) is 10.0. The van der Waals surface area contributed by atoms with Crippen molar-refractivity contribution in [3.05, 3.63) is 63.6 Å². The Balaban J connectivity index is 2.44. The highest BCUT2D eigenvalue weighted by Gasteiger charge is 1.98. The van der Waals surface area contributed by atoms with Gasteiger partial charge < -0.3 is 5.11 Å². The van der Waals surface area contributed by atoms with E-state index in [1.54, 1.807) is 0 Å². The molecule has 3 nitrogen and oxygen atoms in total. The van der Waals surface area contributed by atoms with Gasteiger partial charge in [0.05, 0.1) is 12.0 Å². The Hall–Kier alpha value is -2.26. The average Bonchev–Trinajstić information content (AvgIpc) is 2.46. The number of aromatic nitrogens is 2. The summed E-state index contributed by atoms with van der Waals surface area (Å²) >= 11 is 0. The zero-order valence-electron chi connectivity index (χ0n) is 12.7. The zero-order valence-corrected chi connectivity index (χ0v) is 12.7. The quantitative estimate of drug-likeness (QED) is 0.934. The summed E-state index contributed by atoms with van der Waals surface area (Å²) in [5.41, 5.74) is 4.05. The van der Waals surface area contributed by atoms with Crippen LogP contribution in [-0.4, -0.2) is 15.1 Å². The molecule has 1 N–H and O–H groups in total. The van der Waals surface area contributed by atoms with E-state index in [4.69, 9.17) is 0 Å². The monoisotopic (exact) mass is 280 g/mol. The molecule has 0 saturated heterocycles. The van der Waals surface area contributed by atoms with Crippen LogP contribution in [0.4, 0.5) is 0 Å². The van der Waals surface area contributed by atoms with Crippen LogP contribution in [-0.2, 0) is 6.61 Å². The molecule has 0 aliphatic carbocycles. The van der Waals surface area contributed by atoms with Gasteiger partial charge in [-0.15, -0.1) is 0 Å². The number of rotatable bonds is 3. The van der Waals surface area contributed by atoms with E-state index in [0.717, 1.165) is 38.8 Å². The molecule has 0 amide bonds. The third-order valence-electron chi connectivity index (χ3n) is 3.39. The molecule has 0 aliphatic rings. The highest BCUT2D eigenvalue weighted by Crippen LogP contribution is 2.15. The molecule has 1 heterocycles. The minimum absolute atomic E-state index is 0.0543. The molecule has 108 valence electrons. The number of benzene rings is 1. The molecule has 1 aromatic heterocycles. The van der Waals surface area contributed by atoms with Crippen LogP contribution in [0.2, 0.25) is 0 Å². The van der Waals surface area contributed by atoms with Crippen LogP contribution in [0.3, 0.4) is 0 Å². The fourth-order valence-electron chi connectivity index (χ4n) is 2.23. The fraction of sp³-hybridized carbons (Fsp3) is 0.222. The average molecular weight is 280 g/mol. The highest BCUT2D eigenvalue weighted by molar-refractivity contribution is 5.70. The normalized spacial score (nSPS) is 12.8. The second-order valence-corrected chi connectivity index (χ2v) is 5.09. The first-order valence-corrected chi connectivity index (χ1v) is 6.90. The lowest BCUT2D eigenvalue weighted by atomic mass is 10.0. The summed E-state index contributed by atoms with van der Waals surface area (Å²) in [4.78, 5) is 8.66. The minimum Gasteiger partial charge on any atom is -0.392 e. The van der Waals surface area contributed by atoms with Crippen LogP contribution in [0.25, 0.3) is 18.2 Å². The van der Waals surface area contributed by atoms with Crippen molar-refractivity contribution in [1.82, 2.24) is 9.97 Å². The molecule has 0 radical (unpaired) electrons. The second kappa shape index (κ2) is 6.46. The fourth-order valence-corrected chi connectivity index (χ4v) is 2.23. The van der Waals surface area contributed by atoms with Crippen molar-refractivity contribution in [1.29, 1.82) is 0 Å². The maximum Gasteiger partial charge on any atom is 0.126 e. The van der Waals surface area contributed by atoms with E-state index >= 15 is 0 Å². The van der Waals surface area contributed by atoms with E-state index < -0.39 is 0 Å². The van der Waals surface area contributed by atoms with Crippen LogP contribution in [0.5, 0.6) is 0 Å². The number of aliphatic hydroxyl groups is 1. The van der Waals surface area contributed by atoms with Gasteiger partial charge in [0, 0.05) is 10.9 Å². The number of hydrogen-bond donors (Lipinski definition) is 1. The lowest BCUT2D eigenvalue weighted by Gasteiger charge is -2.03. The van der Waals surface area contributed by atoms with E-state index in [2.05, 4.69) is 16.5 Å². The molecule has 2 rings (SSSR count). The molecule has 0 spiro atoms. The number of hydrogen-bond acceptors (Lipinski definition) is 3. The molecule has 0 saturated carbocycles. The van der Waals surface area contributed by atoms with Gasteiger partial charge >= 0.3 is 0 Å². The smallest absolute Gasteiger partial charge is 0.126 e. The molecule has 2 aromatic rings. The van der Waals surface area contributed by atoms with Crippen molar-refractivity contribution in [2.45, 2.75) is 27.4 Å². The maximum atomic E-state index is 9.20. The van der Waals surface area contributed by atoms with Crippen molar-refractivity contribution in [2.24, 2.45) is 0 Å². The van der Waals surface area contributed by atoms with Gasteiger partial charge in [-0.1, -0.05) is 36.9 Å². The van der Waals surface area contributed by atoms with Gasteiger partial charge in [-0.3, -0.25) is 0 Å². The topological polar surface area (TPSA) is 46.0 Å². The Bertz CT molecular complexity index is 791. The first kappa shape index (κ1) is 15.1. The predicted octanol–water partition coefficient (Wildman–Crippen LogP) is 1.88.